The van der Waals surface area contributed by atoms with Crippen LogP contribution in [0.1, 0.15) is 17.5 Å². The molecule has 0 bridgehead atoms. The topological polar surface area (TPSA) is 113 Å². The van der Waals surface area contributed by atoms with E-state index >= 15 is 0 Å². The Bertz CT molecular complexity index is 829. The van der Waals surface area contributed by atoms with Crippen LogP contribution in [0.25, 0.3) is 21.6 Å². The van der Waals surface area contributed by atoms with E-state index in [0.717, 1.165) is 33.6 Å². The number of nitrogens with zero attached hydrogens (tertiary/aromatic N) is 3. The summed E-state index contributed by atoms with van der Waals surface area (Å²) in [6, 6.07) is 11.8. The van der Waals surface area contributed by atoms with Crippen molar-refractivity contribution in [2.75, 3.05) is 30.8 Å². The van der Waals surface area contributed by atoms with E-state index < -0.39 is 0 Å². The van der Waals surface area contributed by atoms with E-state index in [0.29, 0.717) is 19.6 Å². The molecule has 0 aliphatic heterocycles. The molecular formula is C19H23N5O2. The first-order valence-corrected chi connectivity index (χ1v) is 8.37. The lowest BCUT2D eigenvalue weighted by Gasteiger charge is -2.11. The predicted molar refractivity (Wildman–Crippen MR) is 104 cm³/mol. The van der Waals surface area contributed by atoms with E-state index in [9.17, 15) is 4.79 Å². The fourth-order valence-corrected chi connectivity index (χ4v) is 2.47. The summed E-state index contributed by atoms with van der Waals surface area (Å²) < 4.78 is 5.26. The summed E-state index contributed by atoms with van der Waals surface area (Å²) in [5.41, 5.74) is 19.7. The van der Waals surface area contributed by atoms with Crippen molar-refractivity contribution in [1.29, 1.82) is 0 Å². The lowest BCUT2D eigenvalue weighted by Crippen LogP contribution is -2.19. The number of hydrogen-bond acceptors (Lipinski definition) is 4. The number of carbonyl (C=O) groups excluding carboxylic acids is 1. The monoisotopic (exact) mass is 353 g/mol. The Balaban J connectivity index is 1.93. The van der Waals surface area contributed by atoms with Gasteiger partial charge in [0, 0.05) is 29.4 Å². The average Bonchev–Trinajstić information content (AvgIpc) is 2.62. The number of ether oxygens (including phenoxy) is 1. The summed E-state index contributed by atoms with van der Waals surface area (Å²) >= 11 is 0. The molecule has 1 amide bonds. The second-order valence-electron chi connectivity index (χ2n) is 6.01. The number of azide groups is 1. The van der Waals surface area contributed by atoms with Crippen LogP contribution in [0.4, 0.5) is 11.4 Å². The van der Waals surface area contributed by atoms with Crippen LogP contribution in [0.5, 0.6) is 0 Å². The van der Waals surface area contributed by atoms with Gasteiger partial charge in [-0.15, -0.1) is 0 Å². The van der Waals surface area contributed by atoms with Crippen LogP contribution in [0.3, 0.4) is 0 Å². The highest BCUT2D eigenvalue weighted by molar-refractivity contribution is 5.92. The summed E-state index contributed by atoms with van der Waals surface area (Å²) in [6.07, 6.45) is 0.589. The fraction of sp³-hybridized carbons (Fsp3) is 0.316. The summed E-state index contributed by atoms with van der Waals surface area (Å²) in [4.78, 5) is 14.6. The standard InChI is InChI=1S/C19H23N5O2/c1-13-10-15(4-6-17(13)20)16-5-7-18(14(2)11-16)23-19(25)12-26-9-3-8-22-24-21/h4-7,10-11H,3,8-9,12,20H2,1-2H3,(H,23,25). The highest BCUT2D eigenvalue weighted by atomic mass is 16.5. The number of rotatable bonds is 8. The zero-order chi connectivity index (χ0) is 18.9. The van der Waals surface area contributed by atoms with Gasteiger partial charge in [0.15, 0.2) is 0 Å². The first-order chi connectivity index (χ1) is 12.5. The van der Waals surface area contributed by atoms with Gasteiger partial charge < -0.3 is 15.8 Å². The lowest BCUT2D eigenvalue weighted by molar-refractivity contribution is -0.120. The molecule has 0 heterocycles. The Morgan fingerprint density at radius 2 is 1.88 bits per heavy atom. The van der Waals surface area contributed by atoms with Gasteiger partial charge in [0.05, 0.1) is 0 Å². The summed E-state index contributed by atoms with van der Waals surface area (Å²) in [5.74, 6) is -0.215. The molecule has 0 saturated heterocycles. The smallest absolute Gasteiger partial charge is 0.250 e. The van der Waals surface area contributed by atoms with Gasteiger partial charge in [0.1, 0.15) is 6.61 Å². The number of aryl methyl sites for hydroxylation is 2. The third kappa shape index (κ3) is 5.51. The molecule has 3 N–H and O–H groups in total. The predicted octanol–water partition coefficient (Wildman–Crippen LogP) is 4.21. The van der Waals surface area contributed by atoms with E-state index in [-0.39, 0.29) is 12.5 Å². The van der Waals surface area contributed by atoms with Gasteiger partial charge in [-0.2, -0.15) is 0 Å². The first-order valence-electron chi connectivity index (χ1n) is 8.37. The molecule has 7 nitrogen and oxygen atoms in total. The Morgan fingerprint density at radius 1 is 1.19 bits per heavy atom. The van der Waals surface area contributed by atoms with Crippen LogP contribution >= 0.6 is 0 Å². The third-order valence-corrected chi connectivity index (χ3v) is 3.95. The molecule has 0 unspecified atom stereocenters. The van der Waals surface area contributed by atoms with E-state index in [1.54, 1.807) is 0 Å². The van der Waals surface area contributed by atoms with Crippen molar-refractivity contribution in [1.82, 2.24) is 0 Å². The highest BCUT2D eigenvalue weighted by Gasteiger charge is 2.07. The number of nitrogen functional groups attached to an aromatic ring is 1. The molecule has 0 aliphatic rings. The van der Waals surface area contributed by atoms with Gasteiger partial charge in [-0.05, 0) is 72.3 Å². The van der Waals surface area contributed by atoms with Gasteiger partial charge in [-0.25, -0.2) is 0 Å². The molecule has 2 aromatic carbocycles. The van der Waals surface area contributed by atoms with E-state index in [1.807, 2.05) is 50.2 Å². The van der Waals surface area contributed by atoms with E-state index in [4.69, 9.17) is 16.0 Å². The normalized spacial score (nSPS) is 10.2. The molecule has 0 aliphatic carbocycles. The fourth-order valence-electron chi connectivity index (χ4n) is 2.47. The van der Waals surface area contributed by atoms with Crippen molar-refractivity contribution in [3.05, 3.63) is 58.0 Å². The second kappa shape index (κ2) is 9.46. The van der Waals surface area contributed by atoms with Crippen molar-refractivity contribution >= 4 is 17.3 Å². The Labute approximate surface area is 152 Å². The van der Waals surface area contributed by atoms with Crippen molar-refractivity contribution < 1.29 is 9.53 Å². The van der Waals surface area contributed by atoms with Crippen molar-refractivity contribution in [3.8, 4) is 11.1 Å². The molecule has 0 radical (unpaired) electrons. The highest BCUT2D eigenvalue weighted by Crippen LogP contribution is 2.27. The van der Waals surface area contributed by atoms with Crippen LogP contribution in [-0.2, 0) is 9.53 Å². The number of nitrogens with one attached hydrogen (secondary N) is 1. The third-order valence-electron chi connectivity index (χ3n) is 3.95. The molecular weight excluding hydrogens is 330 g/mol. The second-order valence-corrected chi connectivity index (χ2v) is 6.01. The summed E-state index contributed by atoms with van der Waals surface area (Å²) in [7, 11) is 0. The minimum absolute atomic E-state index is 0.0331. The Morgan fingerprint density at radius 3 is 2.54 bits per heavy atom. The molecule has 26 heavy (non-hydrogen) atoms. The van der Waals surface area contributed by atoms with Gasteiger partial charge in [0.2, 0.25) is 5.91 Å². The minimum Gasteiger partial charge on any atom is -0.399 e. The quantitative estimate of drug-likeness (QED) is 0.244. The number of hydrogen-bond donors (Lipinski definition) is 2. The van der Waals surface area contributed by atoms with Gasteiger partial charge in [0.25, 0.3) is 0 Å². The maximum absolute atomic E-state index is 12.0. The van der Waals surface area contributed by atoms with Crippen LogP contribution in [0.15, 0.2) is 41.5 Å². The summed E-state index contributed by atoms with van der Waals surface area (Å²) in [5, 5.41) is 6.25. The largest absolute Gasteiger partial charge is 0.399 e. The first kappa shape index (κ1) is 19.3. The maximum Gasteiger partial charge on any atom is 0.250 e. The Hall–Kier alpha value is -3.02. The van der Waals surface area contributed by atoms with Crippen molar-refractivity contribution in [3.63, 3.8) is 0 Å². The molecule has 0 aromatic heterocycles. The van der Waals surface area contributed by atoms with E-state index in [2.05, 4.69) is 15.3 Å². The maximum atomic E-state index is 12.0. The number of benzene rings is 2. The molecule has 2 rings (SSSR count). The number of amides is 1. The lowest BCUT2D eigenvalue weighted by atomic mass is 10.00. The molecule has 2 aromatic rings. The van der Waals surface area contributed by atoms with Crippen LogP contribution < -0.4 is 11.1 Å². The molecule has 0 fully saturated rings. The van der Waals surface area contributed by atoms with Crippen LogP contribution in [0.2, 0.25) is 0 Å². The molecule has 0 atom stereocenters. The van der Waals surface area contributed by atoms with E-state index in [1.165, 1.54) is 0 Å². The minimum atomic E-state index is -0.215. The molecule has 0 spiro atoms. The van der Waals surface area contributed by atoms with Crippen LogP contribution in [-0.4, -0.2) is 25.7 Å². The van der Waals surface area contributed by atoms with Crippen LogP contribution in [0, 0.1) is 13.8 Å². The molecule has 0 saturated carbocycles. The molecule has 136 valence electrons. The Kier molecular flexibility index (Phi) is 7.02. The SMILES string of the molecule is Cc1cc(-c2ccc(NC(=O)COCCCN=[N+]=[N-])c(C)c2)ccc1N. The van der Waals surface area contributed by atoms with Crippen molar-refractivity contribution in [2.45, 2.75) is 20.3 Å². The number of anilines is 2. The van der Waals surface area contributed by atoms with Gasteiger partial charge >= 0.3 is 0 Å². The number of nitrogens with two attached hydrogens (primary N) is 1. The summed E-state index contributed by atoms with van der Waals surface area (Å²) in [6.45, 7) is 4.63. The molecule has 7 heteroatoms. The van der Waals surface area contributed by atoms with Gasteiger partial charge in [-0.3, -0.25) is 4.79 Å². The number of carbonyl (C=O) groups is 1. The zero-order valence-corrected chi connectivity index (χ0v) is 15.0. The van der Waals surface area contributed by atoms with Gasteiger partial charge in [-0.1, -0.05) is 17.2 Å². The zero-order valence-electron chi connectivity index (χ0n) is 15.0. The average molecular weight is 353 g/mol. The van der Waals surface area contributed by atoms with Crippen molar-refractivity contribution in [2.24, 2.45) is 5.11 Å².